The predicted octanol–water partition coefficient (Wildman–Crippen LogP) is 2.18. The topological polar surface area (TPSA) is 96.9 Å². The average Bonchev–Trinajstić information content (AvgIpc) is 2.26. The lowest BCUT2D eigenvalue weighted by Crippen LogP contribution is -2.07. The Hall–Kier alpha value is -2.14. The van der Waals surface area contributed by atoms with Gasteiger partial charge in [0.1, 0.15) is 17.3 Å². The fourth-order valence-corrected chi connectivity index (χ4v) is 1.21. The van der Waals surface area contributed by atoms with Crippen LogP contribution in [0.1, 0.15) is 28.2 Å². The number of carbonyl (C=O) groups is 1. The van der Waals surface area contributed by atoms with Crippen LogP contribution in [-0.4, -0.2) is 15.1 Å². The molecule has 1 aromatic heterocycles. The molecule has 0 bridgehead atoms. The second-order valence-electron chi connectivity index (χ2n) is 2.74. The Morgan fingerprint density at radius 1 is 1.65 bits per heavy atom. The molecule has 17 heavy (non-hydrogen) atoms. The normalized spacial score (nSPS) is 10.1. The third-order valence-corrected chi connectivity index (χ3v) is 1.90. The van der Waals surface area contributed by atoms with E-state index in [-0.39, 0.29) is 0 Å². The van der Waals surface area contributed by atoms with Gasteiger partial charge in [-0.25, -0.2) is 13.8 Å². The maximum absolute atomic E-state index is 12.4. The minimum absolute atomic E-state index is 0.548. The smallest absolute Gasteiger partial charge is 0.274 e. The molecule has 0 aromatic carbocycles. The molecular formula is C8H2ClF2N3O3. The number of nitro groups is 1. The van der Waals surface area contributed by atoms with E-state index >= 15 is 0 Å². The Balaban J connectivity index is 3.65. The van der Waals surface area contributed by atoms with Crippen LogP contribution in [0.3, 0.4) is 0 Å². The molecule has 0 saturated heterocycles. The molecule has 1 rings (SSSR count). The lowest BCUT2D eigenvalue weighted by atomic mass is 10.1. The standard InChI is InChI=1S/C8H2ClF2N3O3/c9-7(15)5-6(14(16)17)3(2-12)1-4(13-5)8(10)11/h1,8H. The molecule has 1 heterocycles. The van der Waals surface area contributed by atoms with Crippen LogP contribution in [0.2, 0.25) is 0 Å². The number of halogens is 3. The Morgan fingerprint density at radius 2 is 2.24 bits per heavy atom. The summed E-state index contributed by atoms with van der Waals surface area (Å²) in [4.78, 5) is 23.5. The predicted molar refractivity (Wildman–Crippen MR) is 50.7 cm³/mol. The van der Waals surface area contributed by atoms with E-state index in [1.807, 2.05) is 0 Å². The second kappa shape index (κ2) is 4.80. The molecule has 0 N–H and O–H groups in total. The zero-order chi connectivity index (χ0) is 13.2. The van der Waals surface area contributed by atoms with Crippen molar-refractivity contribution >= 4 is 22.5 Å². The van der Waals surface area contributed by atoms with Crippen LogP contribution in [0.15, 0.2) is 6.07 Å². The summed E-state index contributed by atoms with van der Waals surface area (Å²) in [6, 6.07) is 1.89. The highest BCUT2D eigenvalue weighted by Gasteiger charge is 2.28. The van der Waals surface area contributed by atoms with Crippen molar-refractivity contribution in [1.29, 1.82) is 5.26 Å². The molecule has 88 valence electrons. The first-order chi connectivity index (χ1) is 7.88. The summed E-state index contributed by atoms with van der Waals surface area (Å²) in [5, 5.41) is 17.8. The molecule has 0 fully saturated rings. The van der Waals surface area contributed by atoms with Gasteiger partial charge >= 0.3 is 5.69 Å². The van der Waals surface area contributed by atoms with Crippen molar-refractivity contribution in [2.45, 2.75) is 6.43 Å². The summed E-state index contributed by atoms with van der Waals surface area (Å²) in [5.74, 6) is 0. The van der Waals surface area contributed by atoms with E-state index in [0.717, 1.165) is 0 Å². The molecule has 6 nitrogen and oxygen atoms in total. The van der Waals surface area contributed by atoms with E-state index in [4.69, 9.17) is 16.9 Å². The zero-order valence-electron chi connectivity index (χ0n) is 7.85. The molecular weight excluding hydrogens is 260 g/mol. The van der Waals surface area contributed by atoms with Crippen molar-refractivity contribution in [1.82, 2.24) is 4.98 Å². The molecule has 0 unspecified atom stereocenters. The number of aromatic nitrogens is 1. The number of nitriles is 1. The number of nitrogens with zero attached hydrogens (tertiary/aromatic N) is 3. The number of pyridine rings is 1. The summed E-state index contributed by atoms with van der Waals surface area (Å²) < 4.78 is 24.7. The first kappa shape index (κ1) is 12.9. The molecule has 0 radical (unpaired) electrons. The van der Waals surface area contributed by atoms with Gasteiger partial charge in [0.2, 0.25) is 5.69 Å². The molecule has 9 heteroatoms. The van der Waals surface area contributed by atoms with Crippen molar-refractivity contribution in [2.75, 3.05) is 0 Å². The number of carbonyl (C=O) groups excluding carboxylic acids is 1. The van der Waals surface area contributed by atoms with Crippen molar-refractivity contribution in [2.24, 2.45) is 0 Å². The largest absolute Gasteiger partial charge is 0.317 e. The lowest BCUT2D eigenvalue weighted by Gasteiger charge is -2.03. The van der Waals surface area contributed by atoms with Crippen LogP contribution in [-0.2, 0) is 0 Å². The summed E-state index contributed by atoms with van der Waals surface area (Å²) >= 11 is 5.00. The van der Waals surface area contributed by atoms with Gasteiger partial charge in [0, 0.05) is 0 Å². The molecule has 0 aliphatic carbocycles. The monoisotopic (exact) mass is 261 g/mol. The summed E-state index contributed by atoms with van der Waals surface area (Å²) in [7, 11) is 0. The van der Waals surface area contributed by atoms with Gasteiger partial charge < -0.3 is 0 Å². The van der Waals surface area contributed by atoms with E-state index < -0.39 is 39.2 Å². The van der Waals surface area contributed by atoms with Gasteiger partial charge in [-0.1, -0.05) is 0 Å². The first-order valence-electron chi connectivity index (χ1n) is 3.96. The van der Waals surface area contributed by atoms with E-state index in [1.54, 1.807) is 0 Å². The van der Waals surface area contributed by atoms with Gasteiger partial charge in [-0.2, -0.15) is 5.26 Å². The minimum atomic E-state index is -3.07. The molecule has 0 aliphatic heterocycles. The highest BCUT2D eigenvalue weighted by atomic mass is 35.5. The van der Waals surface area contributed by atoms with Crippen molar-refractivity contribution in [3.8, 4) is 6.07 Å². The second-order valence-corrected chi connectivity index (χ2v) is 3.08. The Kier molecular flexibility index (Phi) is 3.65. The van der Waals surface area contributed by atoms with E-state index in [1.165, 1.54) is 6.07 Å². The zero-order valence-corrected chi connectivity index (χ0v) is 8.61. The molecule has 0 atom stereocenters. The molecule has 0 saturated carbocycles. The van der Waals surface area contributed by atoms with Crippen molar-refractivity contribution < 1.29 is 18.5 Å². The van der Waals surface area contributed by atoms with E-state index in [0.29, 0.717) is 6.07 Å². The highest BCUT2D eigenvalue weighted by molar-refractivity contribution is 6.67. The maximum atomic E-state index is 12.4. The van der Waals surface area contributed by atoms with Gasteiger partial charge in [-0.3, -0.25) is 14.9 Å². The third kappa shape index (κ3) is 2.51. The fraction of sp³-hybridized carbons (Fsp3) is 0.125. The Labute approximate surface area is 97.6 Å². The van der Waals surface area contributed by atoms with Crippen molar-refractivity contribution in [3.05, 3.63) is 33.1 Å². The summed E-state index contributed by atoms with van der Waals surface area (Å²) in [6.07, 6.45) is -3.07. The van der Waals surface area contributed by atoms with Crippen LogP contribution in [0.5, 0.6) is 0 Å². The first-order valence-corrected chi connectivity index (χ1v) is 4.33. The van der Waals surface area contributed by atoms with Crippen LogP contribution >= 0.6 is 11.6 Å². The van der Waals surface area contributed by atoms with Gasteiger partial charge in [-0.05, 0) is 17.7 Å². The fourth-order valence-electron chi connectivity index (χ4n) is 1.08. The van der Waals surface area contributed by atoms with E-state index in [2.05, 4.69) is 4.98 Å². The number of hydrogen-bond donors (Lipinski definition) is 0. The van der Waals surface area contributed by atoms with Crippen LogP contribution < -0.4 is 0 Å². The SMILES string of the molecule is N#Cc1cc(C(F)F)nc(C(=O)Cl)c1[N+](=O)[O-]. The highest BCUT2D eigenvalue weighted by Crippen LogP contribution is 2.27. The Morgan fingerprint density at radius 3 is 2.59 bits per heavy atom. The number of rotatable bonds is 3. The van der Waals surface area contributed by atoms with Crippen LogP contribution in [0, 0.1) is 21.4 Å². The van der Waals surface area contributed by atoms with Gasteiger partial charge in [0.15, 0.2) is 0 Å². The molecule has 0 spiro atoms. The van der Waals surface area contributed by atoms with Crippen molar-refractivity contribution in [3.63, 3.8) is 0 Å². The average molecular weight is 262 g/mol. The number of hydrogen-bond acceptors (Lipinski definition) is 5. The lowest BCUT2D eigenvalue weighted by molar-refractivity contribution is -0.385. The van der Waals surface area contributed by atoms with Gasteiger partial charge in [0.05, 0.1) is 4.92 Å². The summed E-state index contributed by atoms with van der Waals surface area (Å²) in [6.45, 7) is 0. The molecule has 0 aliphatic rings. The summed E-state index contributed by atoms with van der Waals surface area (Å²) in [5.41, 5.74) is -3.55. The molecule has 0 amide bonds. The maximum Gasteiger partial charge on any atom is 0.317 e. The minimum Gasteiger partial charge on any atom is -0.274 e. The van der Waals surface area contributed by atoms with Crippen LogP contribution in [0.4, 0.5) is 14.5 Å². The number of alkyl halides is 2. The Bertz CT molecular complexity index is 542. The molecule has 1 aromatic rings. The van der Waals surface area contributed by atoms with Gasteiger partial charge in [-0.15, -0.1) is 0 Å². The van der Waals surface area contributed by atoms with E-state index in [9.17, 15) is 23.7 Å². The quantitative estimate of drug-likeness (QED) is 0.472. The third-order valence-electron chi connectivity index (χ3n) is 1.73. The van der Waals surface area contributed by atoms with Crippen LogP contribution in [0.25, 0.3) is 0 Å². The van der Waals surface area contributed by atoms with Gasteiger partial charge in [0.25, 0.3) is 11.7 Å².